The third-order valence-electron chi connectivity index (χ3n) is 3.70. The second-order valence-electron chi connectivity index (χ2n) is 5.54. The summed E-state index contributed by atoms with van der Waals surface area (Å²) in [6.45, 7) is 2.50. The summed E-state index contributed by atoms with van der Waals surface area (Å²) in [6, 6.07) is 11.3. The van der Waals surface area contributed by atoms with E-state index >= 15 is 0 Å². The van der Waals surface area contributed by atoms with Gasteiger partial charge < -0.3 is 14.2 Å². The lowest BCUT2D eigenvalue weighted by Crippen LogP contribution is -2.07. The maximum Gasteiger partial charge on any atom is 0.363 e. The molecule has 0 aliphatic carbocycles. The van der Waals surface area contributed by atoms with Gasteiger partial charge in [-0.25, -0.2) is 14.2 Å². The Balaban J connectivity index is 2.00. The summed E-state index contributed by atoms with van der Waals surface area (Å²) in [4.78, 5) is 16.3. The molecule has 2 aromatic rings. The molecule has 0 amide bonds. The number of benzene rings is 2. The lowest BCUT2D eigenvalue weighted by atomic mass is 10.1. The summed E-state index contributed by atoms with van der Waals surface area (Å²) in [5.41, 5.74) is 0.832. The number of carbonyl (C=O) groups is 1. The van der Waals surface area contributed by atoms with Crippen molar-refractivity contribution in [3.8, 4) is 11.5 Å². The van der Waals surface area contributed by atoms with Crippen molar-refractivity contribution in [3.05, 3.63) is 65.1 Å². The van der Waals surface area contributed by atoms with Crippen molar-refractivity contribution < 1.29 is 23.4 Å². The number of rotatable bonds is 6. The number of methoxy groups -OCH3 is 1. The highest BCUT2D eigenvalue weighted by Crippen LogP contribution is 2.33. The molecule has 0 bridgehead atoms. The number of carbonyl (C=O) groups excluding carboxylic acids is 1. The number of aliphatic imine (C=N–C) groups is 1. The second kappa shape index (κ2) is 7.82. The van der Waals surface area contributed by atoms with Gasteiger partial charge in [0.05, 0.1) is 19.3 Å². The molecule has 6 heteroatoms. The van der Waals surface area contributed by atoms with Crippen LogP contribution in [0.3, 0.4) is 0 Å². The van der Waals surface area contributed by atoms with E-state index in [4.69, 9.17) is 14.2 Å². The Morgan fingerprint density at radius 2 is 2.00 bits per heavy atom. The zero-order chi connectivity index (χ0) is 18.5. The SMILES string of the molecule is CCCOc1c(/C=C2\N=C(c3ccccc3F)OC2=O)cccc1OC. The van der Waals surface area contributed by atoms with Crippen LogP contribution >= 0.6 is 0 Å². The van der Waals surface area contributed by atoms with E-state index in [2.05, 4.69) is 4.99 Å². The first kappa shape index (κ1) is 17.7. The molecule has 2 aromatic carbocycles. The van der Waals surface area contributed by atoms with Gasteiger partial charge in [0.1, 0.15) is 5.82 Å². The maximum atomic E-state index is 13.9. The molecule has 3 rings (SSSR count). The van der Waals surface area contributed by atoms with Crippen molar-refractivity contribution in [1.82, 2.24) is 0 Å². The Labute approximate surface area is 150 Å². The topological polar surface area (TPSA) is 57.1 Å². The minimum atomic E-state index is -0.646. The quantitative estimate of drug-likeness (QED) is 0.581. The molecule has 0 radical (unpaired) electrons. The molecule has 0 fully saturated rings. The van der Waals surface area contributed by atoms with Crippen LogP contribution in [0.15, 0.2) is 53.2 Å². The maximum absolute atomic E-state index is 13.9. The van der Waals surface area contributed by atoms with E-state index < -0.39 is 11.8 Å². The van der Waals surface area contributed by atoms with Gasteiger partial charge >= 0.3 is 5.97 Å². The fourth-order valence-corrected chi connectivity index (χ4v) is 2.47. The highest BCUT2D eigenvalue weighted by molar-refractivity contribution is 6.13. The highest BCUT2D eigenvalue weighted by Gasteiger charge is 2.26. The first-order chi connectivity index (χ1) is 12.6. The lowest BCUT2D eigenvalue weighted by molar-refractivity contribution is -0.129. The fraction of sp³-hybridized carbons (Fsp3) is 0.200. The Morgan fingerprint density at radius 1 is 1.19 bits per heavy atom. The Morgan fingerprint density at radius 3 is 2.73 bits per heavy atom. The predicted molar refractivity (Wildman–Crippen MR) is 95.8 cm³/mol. The van der Waals surface area contributed by atoms with Crippen LogP contribution in [-0.4, -0.2) is 25.6 Å². The minimum absolute atomic E-state index is 0.0572. The molecule has 0 unspecified atom stereocenters. The first-order valence-electron chi connectivity index (χ1n) is 8.21. The summed E-state index contributed by atoms with van der Waals surface area (Å²) >= 11 is 0. The molecule has 1 aliphatic heterocycles. The van der Waals surface area contributed by atoms with Crippen LogP contribution in [-0.2, 0) is 9.53 Å². The standard InChI is InChI=1S/C20H18FNO4/c1-3-11-25-18-13(7-6-10-17(18)24-2)12-16-20(23)26-19(22-16)14-8-4-5-9-15(14)21/h4-10,12H,3,11H2,1-2H3/b16-12-. The smallest absolute Gasteiger partial charge is 0.363 e. The van der Waals surface area contributed by atoms with Crippen molar-refractivity contribution in [2.24, 2.45) is 4.99 Å². The average molecular weight is 355 g/mol. The first-order valence-corrected chi connectivity index (χ1v) is 8.21. The summed E-state index contributed by atoms with van der Waals surface area (Å²) in [5.74, 6) is -0.136. The molecule has 26 heavy (non-hydrogen) atoms. The number of nitrogens with zero attached hydrogens (tertiary/aromatic N) is 1. The molecule has 0 spiro atoms. The van der Waals surface area contributed by atoms with E-state index in [0.29, 0.717) is 23.7 Å². The predicted octanol–water partition coefficient (Wildman–Crippen LogP) is 3.97. The zero-order valence-corrected chi connectivity index (χ0v) is 14.5. The van der Waals surface area contributed by atoms with Crippen LogP contribution < -0.4 is 9.47 Å². The summed E-state index contributed by atoms with van der Waals surface area (Å²) in [7, 11) is 1.54. The lowest BCUT2D eigenvalue weighted by Gasteiger charge is -2.12. The summed E-state index contributed by atoms with van der Waals surface area (Å²) in [5, 5.41) is 0. The molecular formula is C20H18FNO4. The molecule has 5 nitrogen and oxygen atoms in total. The molecular weight excluding hydrogens is 337 g/mol. The van der Waals surface area contributed by atoms with Crippen LogP contribution in [0.5, 0.6) is 11.5 Å². The number of hydrogen-bond acceptors (Lipinski definition) is 5. The molecule has 0 saturated carbocycles. The van der Waals surface area contributed by atoms with E-state index in [1.165, 1.54) is 12.1 Å². The molecule has 0 aromatic heterocycles. The van der Waals surface area contributed by atoms with Crippen molar-refractivity contribution in [2.75, 3.05) is 13.7 Å². The number of halogens is 1. The number of cyclic esters (lactones) is 1. The molecule has 0 N–H and O–H groups in total. The highest BCUT2D eigenvalue weighted by atomic mass is 19.1. The van der Waals surface area contributed by atoms with Crippen molar-refractivity contribution >= 4 is 17.9 Å². The third-order valence-corrected chi connectivity index (χ3v) is 3.70. The number of hydrogen-bond donors (Lipinski definition) is 0. The van der Waals surface area contributed by atoms with Gasteiger partial charge in [-0.2, -0.15) is 0 Å². The third kappa shape index (κ3) is 3.59. The van der Waals surface area contributed by atoms with Gasteiger partial charge in [-0.05, 0) is 30.7 Å². The molecule has 134 valence electrons. The number of para-hydroxylation sites is 1. The molecule has 0 atom stereocenters. The Kier molecular flexibility index (Phi) is 5.31. The van der Waals surface area contributed by atoms with Gasteiger partial charge in [0, 0.05) is 5.56 Å². The molecule has 1 heterocycles. The van der Waals surface area contributed by atoms with Gasteiger partial charge in [-0.3, -0.25) is 0 Å². The minimum Gasteiger partial charge on any atom is -0.493 e. The van der Waals surface area contributed by atoms with Crippen LogP contribution in [0.2, 0.25) is 0 Å². The van der Waals surface area contributed by atoms with Gasteiger partial charge in [0.2, 0.25) is 5.90 Å². The normalized spacial score (nSPS) is 15.0. The van der Waals surface area contributed by atoms with E-state index in [0.717, 1.165) is 6.42 Å². The van der Waals surface area contributed by atoms with E-state index in [-0.39, 0.29) is 17.2 Å². The van der Waals surface area contributed by atoms with Gasteiger partial charge in [-0.15, -0.1) is 0 Å². The van der Waals surface area contributed by atoms with E-state index in [1.807, 2.05) is 6.92 Å². The number of esters is 1. The van der Waals surface area contributed by atoms with Crippen LogP contribution in [0.25, 0.3) is 6.08 Å². The van der Waals surface area contributed by atoms with Gasteiger partial charge in [-0.1, -0.05) is 31.2 Å². The van der Waals surface area contributed by atoms with Gasteiger partial charge in [0.15, 0.2) is 17.2 Å². The van der Waals surface area contributed by atoms with Crippen molar-refractivity contribution in [2.45, 2.75) is 13.3 Å². The van der Waals surface area contributed by atoms with Crippen LogP contribution in [0.1, 0.15) is 24.5 Å². The van der Waals surface area contributed by atoms with Crippen molar-refractivity contribution in [1.29, 1.82) is 0 Å². The van der Waals surface area contributed by atoms with E-state index in [1.54, 1.807) is 43.5 Å². The molecule has 0 saturated heterocycles. The Hall–Kier alpha value is -3.15. The van der Waals surface area contributed by atoms with Crippen LogP contribution in [0, 0.1) is 5.82 Å². The van der Waals surface area contributed by atoms with Crippen LogP contribution in [0.4, 0.5) is 4.39 Å². The van der Waals surface area contributed by atoms with Crippen molar-refractivity contribution in [3.63, 3.8) is 0 Å². The van der Waals surface area contributed by atoms with Gasteiger partial charge in [0.25, 0.3) is 0 Å². The zero-order valence-electron chi connectivity index (χ0n) is 14.5. The monoisotopic (exact) mass is 355 g/mol. The Bertz CT molecular complexity index is 889. The van der Waals surface area contributed by atoms with E-state index in [9.17, 15) is 9.18 Å². The fourth-order valence-electron chi connectivity index (χ4n) is 2.47. The molecule has 1 aliphatic rings. The summed E-state index contributed by atoms with van der Waals surface area (Å²) in [6.07, 6.45) is 2.37. The largest absolute Gasteiger partial charge is 0.493 e. The second-order valence-corrected chi connectivity index (χ2v) is 5.54. The summed E-state index contributed by atoms with van der Waals surface area (Å²) < 4.78 is 30.1. The number of ether oxygens (including phenoxy) is 3. The average Bonchev–Trinajstić information content (AvgIpc) is 3.01.